The fourth-order valence-electron chi connectivity index (χ4n) is 2.18. The van der Waals surface area contributed by atoms with Crippen molar-refractivity contribution in [1.29, 1.82) is 0 Å². The Labute approximate surface area is 86.8 Å². The van der Waals surface area contributed by atoms with E-state index in [9.17, 15) is 5.11 Å². The minimum absolute atomic E-state index is 0.165. The zero-order chi connectivity index (χ0) is 10.8. The molecule has 1 heterocycles. The third-order valence-electron chi connectivity index (χ3n) is 2.64. The smallest absolute Gasteiger partial charge is 0.0820 e. The van der Waals surface area contributed by atoms with Crippen molar-refractivity contribution >= 4 is 0 Å². The highest BCUT2D eigenvalue weighted by molar-refractivity contribution is 4.89. The number of aliphatic hydroxyl groups is 1. The Kier molecular flexibility index (Phi) is 3.93. The molecule has 2 N–H and O–H groups in total. The van der Waals surface area contributed by atoms with Crippen LogP contribution in [-0.2, 0) is 4.74 Å². The molecule has 1 fully saturated rings. The summed E-state index contributed by atoms with van der Waals surface area (Å²) < 4.78 is 5.60. The minimum Gasteiger partial charge on any atom is -0.388 e. The number of hydrogen-bond acceptors (Lipinski definition) is 3. The molecule has 0 aromatic carbocycles. The van der Waals surface area contributed by atoms with E-state index in [0.29, 0.717) is 12.6 Å². The van der Waals surface area contributed by atoms with Crippen molar-refractivity contribution in [2.75, 3.05) is 6.54 Å². The highest BCUT2D eigenvalue weighted by atomic mass is 16.5. The standard InChI is InChI=1S/C11H23NO2/c1-8(2)12-7-11(13)5-9(3)14-10(4)6-11/h8-10,12-13H,5-7H2,1-4H3. The van der Waals surface area contributed by atoms with Crippen LogP contribution in [0.5, 0.6) is 0 Å². The second kappa shape index (κ2) is 4.60. The van der Waals surface area contributed by atoms with Crippen molar-refractivity contribution in [3.8, 4) is 0 Å². The maximum absolute atomic E-state index is 10.3. The normalized spacial score (nSPS) is 39.0. The predicted molar refractivity (Wildman–Crippen MR) is 57.3 cm³/mol. The van der Waals surface area contributed by atoms with Gasteiger partial charge in [-0.2, -0.15) is 0 Å². The van der Waals surface area contributed by atoms with Gasteiger partial charge >= 0.3 is 0 Å². The molecule has 84 valence electrons. The van der Waals surface area contributed by atoms with E-state index >= 15 is 0 Å². The summed E-state index contributed by atoms with van der Waals surface area (Å²) in [7, 11) is 0. The van der Waals surface area contributed by atoms with Crippen LogP contribution in [0, 0.1) is 0 Å². The highest BCUT2D eigenvalue weighted by Gasteiger charge is 2.36. The van der Waals surface area contributed by atoms with E-state index in [1.54, 1.807) is 0 Å². The third-order valence-corrected chi connectivity index (χ3v) is 2.64. The van der Waals surface area contributed by atoms with Crippen LogP contribution in [0.15, 0.2) is 0 Å². The monoisotopic (exact) mass is 201 g/mol. The number of ether oxygens (including phenoxy) is 1. The first-order valence-corrected chi connectivity index (χ1v) is 5.52. The van der Waals surface area contributed by atoms with Crippen LogP contribution < -0.4 is 5.32 Å². The van der Waals surface area contributed by atoms with Gasteiger partial charge in [-0.05, 0) is 13.8 Å². The first-order valence-electron chi connectivity index (χ1n) is 5.52. The molecule has 1 aliphatic heterocycles. The second-order valence-electron chi connectivity index (χ2n) is 4.93. The van der Waals surface area contributed by atoms with Crippen LogP contribution in [0.2, 0.25) is 0 Å². The average Bonchev–Trinajstić information content (AvgIpc) is 1.98. The van der Waals surface area contributed by atoms with Crippen LogP contribution in [0.3, 0.4) is 0 Å². The largest absolute Gasteiger partial charge is 0.388 e. The van der Waals surface area contributed by atoms with Crippen LogP contribution in [-0.4, -0.2) is 35.5 Å². The zero-order valence-electron chi connectivity index (χ0n) is 9.71. The van der Waals surface area contributed by atoms with E-state index < -0.39 is 5.60 Å². The lowest BCUT2D eigenvalue weighted by Gasteiger charge is -2.39. The lowest BCUT2D eigenvalue weighted by atomic mass is 9.87. The topological polar surface area (TPSA) is 41.5 Å². The quantitative estimate of drug-likeness (QED) is 0.723. The predicted octanol–water partition coefficient (Wildman–Crippen LogP) is 1.30. The Balaban J connectivity index is 2.46. The molecule has 1 aliphatic rings. The molecule has 3 heteroatoms. The van der Waals surface area contributed by atoms with Gasteiger partial charge in [-0.3, -0.25) is 0 Å². The van der Waals surface area contributed by atoms with Gasteiger partial charge in [-0.1, -0.05) is 13.8 Å². The van der Waals surface area contributed by atoms with Gasteiger partial charge in [0.05, 0.1) is 17.8 Å². The Hall–Kier alpha value is -0.120. The van der Waals surface area contributed by atoms with Crippen molar-refractivity contribution in [2.24, 2.45) is 0 Å². The molecular weight excluding hydrogens is 178 g/mol. The van der Waals surface area contributed by atoms with Crippen molar-refractivity contribution in [3.05, 3.63) is 0 Å². The first-order chi connectivity index (χ1) is 6.41. The molecule has 1 rings (SSSR count). The summed E-state index contributed by atoms with van der Waals surface area (Å²) in [5.74, 6) is 0. The maximum atomic E-state index is 10.3. The molecular formula is C11H23NO2. The summed E-state index contributed by atoms with van der Waals surface area (Å²) in [6.45, 7) is 8.90. The number of rotatable bonds is 3. The summed E-state index contributed by atoms with van der Waals surface area (Å²) in [5, 5.41) is 13.6. The Morgan fingerprint density at radius 2 is 1.86 bits per heavy atom. The Morgan fingerprint density at radius 1 is 1.36 bits per heavy atom. The zero-order valence-corrected chi connectivity index (χ0v) is 9.71. The van der Waals surface area contributed by atoms with Crippen molar-refractivity contribution in [3.63, 3.8) is 0 Å². The second-order valence-corrected chi connectivity index (χ2v) is 4.93. The summed E-state index contributed by atoms with van der Waals surface area (Å²) in [6, 6.07) is 0.424. The van der Waals surface area contributed by atoms with Crippen LogP contribution in [0.4, 0.5) is 0 Å². The molecule has 0 spiro atoms. The summed E-state index contributed by atoms with van der Waals surface area (Å²) >= 11 is 0. The Morgan fingerprint density at radius 3 is 2.29 bits per heavy atom. The lowest BCUT2D eigenvalue weighted by Crippen LogP contribution is -2.50. The summed E-state index contributed by atoms with van der Waals surface area (Å²) in [5.41, 5.74) is -0.582. The van der Waals surface area contributed by atoms with E-state index in [2.05, 4.69) is 19.2 Å². The van der Waals surface area contributed by atoms with E-state index in [1.165, 1.54) is 0 Å². The van der Waals surface area contributed by atoms with Gasteiger partial charge in [0, 0.05) is 25.4 Å². The molecule has 0 radical (unpaired) electrons. The van der Waals surface area contributed by atoms with Gasteiger partial charge in [0.1, 0.15) is 0 Å². The fraction of sp³-hybridized carbons (Fsp3) is 1.00. The molecule has 0 amide bonds. The SMILES string of the molecule is CC(C)NCC1(O)CC(C)OC(C)C1. The van der Waals surface area contributed by atoms with Gasteiger partial charge in [0.2, 0.25) is 0 Å². The van der Waals surface area contributed by atoms with Gasteiger partial charge in [0.15, 0.2) is 0 Å². The third kappa shape index (κ3) is 3.56. The lowest BCUT2D eigenvalue weighted by molar-refractivity contribution is -0.130. The molecule has 0 bridgehead atoms. The van der Waals surface area contributed by atoms with Gasteiger partial charge in [0.25, 0.3) is 0 Å². The Bertz CT molecular complexity index is 172. The fourth-order valence-corrected chi connectivity index (χ4v) is 2.18. The summed E-state index contributed by atoms with van der Waals surface area (Å²) in [4.78, 5) is 0. The summed E-state index contributed by atoms with van der Waals surface area (Å²) in [6.07, 6.45) is 1.80. The van der Waals surface area contributed by atoms with Crippen LogP contribution >= 0.6 is 0 Å². The van der Waals surface area contributed by atoms with E-state index in [0.717, 1.165) is 12.8 Å². The molecule has 0 aromatic rings. The molecule has 2 atom stereocenters. The van der Waals surface area contributed by atoms with E-state index in [4.69, 9.17) is 4.74 Å². The number of hydrogen-bond donors (Lipinski definition) is 2. The molecule has 0 aliphatic carbocycles. The van der Waals surface area contributed by atoms with Gasteiger partial charge in [-0.25, -0.2) is 0 Å². The molecule has 1 saturated heterocycles. The van der Waals surface area contributed by atoms with Crippen molar-refractivity contribution in [1.82, 2.24) is 5.32 Å². The molecule has 14 heavy (non-hydrogen) atoms. The molecule has 3 nitrogen and oxygen atoms in total. The van der Waals surface area contributed by atoms with Gasteiger partial charge < -0.3 is 15.2 Å². The highest BCUT2D eigenvalue weighted by Crippen LogP contribution is 2.28. The maximum Gasteiger partial charge on any atom is 0.0820 e. The minimum atomic E-state index is -0.582. The average molecular weight is 201 g/mol. The number of nitrogens with one attached hydrogen (secondary N) is 1. The van der Waals surface area contributed by atoms with Crippen LogP contribution in [0.1, 0.15) is 40.5 Å². The van der Waals surface area contributed by atoms with E-state index in [-0.39, 0.29) is 12.2 Å². The van der Waals surface area contributed by atoms with Gasteiger partial charge in [-0.15, -0.1) is 0 Å². The van der Waals surface area contributed by atoms with Crippen molar-refractivity contribution < 1.29 is 9.84 Å². The first kappa shape index (κ1) is 12.0. The van der Waals surface area contributed by atoms with Crippen molar-refractivity contribution in [2.45, 2.75) is 64.4 Å². The molecule has 0 saturated carbocycles. The molecule has 2 unspecified atom stereocenters. The van der Waals surface area contributed by atoms with Crippen LogP contribution in [0.25, 0.3) is 0 Å². The molecule has 0 aromatic heterocycles. The van der Waals surface area contributed by atoms with E-state index in [1.807, 2.05) is 13.8 Å².